The van der Waals surface area contributed by atoms with E-state index in [4.69, 9.17) is 5.73 Å². The first kappa shape index (κ1) is 11.2. The quantitative estimate of drug-likeness (QED) is 0.823. The van der Waals surface area contributed by atoms with Crippen LogP contribution in [0.15, 0.2) is 30.5 Å². The standard InChI is InChI=1S/C13H18N2O/c1-10(16)4-6-15-7-5-12-3-2-11(9-14)8-13(12)15/h2-3,5,7-8,10,16H,4,6,9,14H2,1H3. The van der Waals surface area contributed by atoms with Crippen molar-refractivity contribution in [2.45, 2.75) is 32.5 Å². The van der Waals surface area contributed by atoms with Gasteiger partial charge in [-0.2, -0.15) is 0 Å². The Labute approximate surface area is 95.5 Å². The zero-order valence-corrected chi connectivity index (χ0v) is 9.56. The molecule has 0 aliphatic carbocycles. The van der Waals surface area contributed by atoms with Crippen LogP contribution in [0, 0.1) is 0 Å². The number of aliphatic hydroxyl groups excluding tert-OH is 1. The van der Waals surface area contributed by atoms with Crippen molar-refractivity contribution in [3.63, 3.8) is 0 Å². The largest absolute Gasteiger partial charge is 0.393 e. The van der Waals surface area contributed by atoms with Crippen molar-refractivity contribution >= 4 is 10.9 Å². The lowest BCUT2D eigenvalue weighted by Crippen LogP contribution is -2.06. The highest BCUT2D eigenvalue weighted by molar-refractivity contribution is 5.80. The number of fused-ring (bicyclic) bond motifs is 1. The predicted molar refractivity (Wildman–Crippen MR) is 66.1 cm³/mol. The van der Waals surface area contributed by atoms with Crippen LogP contribution < -0.4 is 5.73 Å². The summed E-state index contributed by atoms with van der Waals surface area (Å²) in [4.78, 5) is 0. The molecule has 1 aromatic heterocycles. The SMILES string of the molecule is CC(O)CCn1ccc2ccc(CN)cc21. The number of rotatable bonds is 4. The maximum absolute atomic E-state index is 9.29. The van der Waals surface area contributed by atoms with E-state index in [1.54, 1.807) is 0 Å². The van der Waals surface area contributed by atoms with Crippen LogP contribution in [0.5, 0.6) is 0 Å². The lowest BCUT2D eigenvalue weighted by atomic mass is 10.1. The fourth-order valence-electron chi connectivity index (χ4n) is 1.88. The summed E-state index contributed by atoms with van der Waals surface area (Å²) >= 11 is 0. The van der Waals surface area contributed by atoms with Gasteiger partial charge in [-0.25, -0.2) is 0 Å². The van der Waals surface area contributed by atoms with Crippen molar-refractivity contribution in [3.8, 4) is 0 Å². The molecule has 1 heterocycles. The van der Waals surface area contributed by atoms with E-state index in [2.05, 4.69) is 35.0 Å². The number of aryl methyl sites for hydroxylation is 1. The minimum absolute atomic E-state index is 0.254. The van der Waals surface area contributed by atoms with Crippen LogP contribution in [0.2, 0.25) is 0 Å². The van der Waals surface area contributed by atoms with Gasteiger partial charge >= 0.3 is 0 Å². The molecule has 2 rings (SSSR count). The van der Waals surface area contributed by atoms with Crippen molar-refractivity contribution in [3.05, 3.63) is 36.0 Å². The van der Waals surface area contributed by atoms with Crippen LogP contribution in [0.4, 0.5) is 0 Å². The van der Waals surface area contributed by atoms with Gasteiger partial charge in [0.25, 0.3) is 0 Å². The Morgan fingerprint density at radius 3 is 2.88 bits per heavy atom. The second-order valence-corrected chi connectivity index (χ2v) is 4.24. The number of nitrogens with zero attached hydrogens (tertiary/aromatic N) is 1. The first-order chi connectivity index (χ1) is 7.70. The molecule has 0 aliphatic heterocycles. The number of aromatic nitrogens is 1. The molecular weight excluding hydrogens is 200 g/mol. The van der Waals surface area contributed by atoms with Gasteiger partial charge in [0, 0.05) is 24.8 Å². The zero-order chi connectivity index (χ0) is 11.5. The molecule has 86 valence electrons. The van der Waals surface area contributed by atoms with Crippen LogP contribution in [0.1, 0.15) is 18.9 Å². The third-order valence-electron chi connectivity index (χ3n) is 2.86. The molecule has 1 aromatic carbocycles. The molecule has 0 bridgehead atoms. The van der Waals surface area contributed by atoms with Crippen molar-refractivity contribution in [1.29, 1.82) is 0 Å². The second-order valence-electron chi connectivity index (χ2n) is 4.24. The van der Waals surface area contributed by atoms with Crippen LogP contribution in [0.3, 0.4) is 0 Å². The maximum Gasteiger partial charge on any atom is 0.0529 e. The Balaban J connectivity index is 2.30. The van der Waals surface area contributed by atoms with Gasteiger partial charge in [-0.1, -0.05) is 12.1 Å². The number of hydrogen-bond acceptors (Lipinski definition) is 2. The Hall–Kier alpha value is -1.32. The fourth-order valence-corrected chi connectivity index (χ4v) is 1.88. The van der Waals surface area contributed by atoms with Crippen LogP contribution in [-0.2, 0) is 13.1 Å². The molecule has 0 saturated carbocycles. The summed E-state index contributed by atoms with van der Waals surface area (Å²) in [5.74, 6) is 0. The van der Waals surface area contributed by atoms with Gasteiger partial charge in [-0.3, -0.25) is 0 Å². The van der Waals surface area contributed by atoms with Crippen LogP contribution in [-0.4, -0.2) is 15.8 Å². The Morgan fingerprint density at radius 1 is 1.38 bits per heavy atom. The molecule has 0 saturated heterocycles. The van der Waals surface area contributed by atoms with Gasteiger partial charge in [0.1, 0.15) is 0 Å². The highest BCUT2D eigenvalue weighted by Crippen LogP contribution is 2.18. The van der Waals surface area contributed by atoms with E-state index in [1.807, 2.05) is 6.92 Å². The third kappa shape index (κ3) is 2.26. The summed E-state index contributed by atoms with van der Waals surface area (Å²) in [7, 11) is 0. The molecule has 0 amide bonds. The summed E-state index contributed by atoms with van der Waals surface area (Å²) in [5, 5.41) is 10.5. The first-order valence-electron chi connectivity index (χ1n) is 5.66. The molecule has 1 atom stereocenters. The van der Waals surface area contributed by atoms with E-state index in [9.17, 15) is 5.11 Å². The van der Waals surface area contributed by atoms with E-state index in [1.165, 1.54) is 10.9 Å². The molecule has 0 fully saturated rings. The van der Waals surface area contributed by atoms with Gasteiger partial charge in [0.05, 0.1) is 6.10 Å². The van der Waals surface area contributed by atoms with Crippen molar-refractivity contribution < 1.29 is 5.11 Å². The number of benzene rings is 1. The minimum atomic E-state index is -0.254. The van der Waals surface area contributed by atoms with E-state index < -0.39 is 0 Å². The van der Waals surface area contributed by atoms with Crippen LogP contribution >= 0.6 is 0 Å². The van der Waals surface area contributed by atoms with Gasteiger partial charge in [0.15, 0.2) is 0 Å². The smallest absolute Gasteiger partial charge is 0.0529 e. The van der Waals surface area contributed by atoms with Crippen molar-refractivity contribution in [1.82, 2.24) is 4.57 Å². The minimum Gasteiger partial charge on any atom is -0.393 e. The molecule has 3 N–H and O–H groups in total. The maximum atomic E-state index is 9.29. The number of hydrogen-bond donors (Lipinski definition) is 2. The molecule has 0 radical (unpaired) electrons. The summed E-state index contributed by atoms with van der Waals surface area (Å²) < 4.78 is 2.17. The molecule has 16 heavy (non-hydrogen) atoms. The Morgan fingerprint density at radius 2 is 2.19 bits per heavy atom. The summed E-state index contributed by atoms with van der Waals surface area (Å²) in [5.41, 5.74) is 7.97. The van der Waals surface area contributed by atoms with Crippen molar-refractivity contribution in [2.24, 2.45) is 5.73 Å². The van der Waals surface area contributed by atoms with E-state index >= 15 is 0 Å². The lowest BCUT2D eigenvalue weighted by Gasteiger charge is -2.08. The van der Waals surface area contributed by atoms with Gasteiger partial charge in [-0.15, -0.1) is 0 Å². The molecule has 0 aliphatic rings. The second kappa shape index (κ2) is 4.68. The van der Waals surface area contributed by atoms with Gasteiger partial charge in [0.2, 0.25) is 0 Å². The molecule has 1 unspecified atom stereocenters. The molecule has 3 heteroatoms. The Kier molecular flexibility index (Phi) is 3.27. The van der Waals surface area contributed by atoms with Gasteiger partial charge < -0.3 is 15.4 Å². The summed E-state index contributed by atoms with van der Waals surface area (Å²) in [6.07, 6.45) is 2.58. The monoisotopic (exact) mass is 218 g/mol. The highest BCUT2D eigenvalue weighted by Gasteiger charge is 2.03. The Bertz CT molecular complexity index is 474. The van der Waals surface area contributed by atoms with E-state index in [0.29, 0.717) is 6.54 Å². The predicted octanol–water partition coefficient (Wildman–Crippen LogP) is 1.87. The fraction of sp³-hybridized carbons (Fsp3) is 0.385. The number of nitrogens with two attached hydrogens (primary N) is 1. The first-order valence-corrected chi connectivity index (χ1v) is 5.66. The normalized spacial score (nSPS) is 13.2. The van der Waals surface area contributed by atoms with Crippen molar-refractivity contribution in [2.75, 3.05) is 0 Å². The molecule has 0 spiro atoms. The molecular formula is C13H18N2O. The van der Waals surface area contributed by atoms with Gasteiger partial charge in [-0.05, 0) is 36.4 Å². The third-order valence-corrected chi connectivity index (χ3v) is 2.86. The highest BCUT2D eigenvalue weighted by atomic mass is 16.3. The van der Waals surface area contributed by atoms with Crippen LogP contribution in [0.25, 0.3) is 10.9 Å². The molecule has 2 aromatic rings. The summed E-state index contributed by atoms with van der Waals surface area (Å²) in [6, 6.07) is 8.37. The molecule has 3 nitrogen and oxygen atoms in total. The number of aliphatic hydroxyl groups is 1. The lowest BCUT2D eigenvalue weighted by molar-refractivity contribution is 0.178. The zero-order valence-electron chi connectivity index (χ0n) is 9.56. The topological polar surface area (TPSA) is 51.2 Å². The summed E-state index contributed by atoms with van der Waals surface area (Å²) in [6.45, 7) is 3.23. The average Bonchev–Trinajstić information content (AvgIpc) is 2.68. The van der Waals surface area contributed by atoms with E-state index in [0.717, 1.165) is 18.5 Å². The van der Waals surface area contributed by atoms with E-state index in [-0.39, 0.29) is 6.10 Å². The average molecular weight is 218 g/mol.